The highest BCUT2D eigenvalue weighted by Crippen LogP contribution is 2.57. The van der Waals surface area contributed by atoms with Crippen molar-refractivity contribution in [3.63, 3.8) is 0 Å². The normalized spacial score (nSPS) is 14.1. The summed E-state index contributed by atoms with van der Waals surface area (Å²) < 4.78 is 2.44. The fraction of sp³-hybridized carbons (Fsp3) is 0.0690. The minimum atomic E-state index is -0.494. The molecule has 2 aliphatic carbocycles. The summed E-state index contributed by atoms with van der Waals surface area (Å²) in [5, 5.41) is 2.44. The van der Waals surface area contributed by atoms with E-state index in [1.165, 1.54) is 77.4 Å². The van der Waals surface area contributed by atoms with E-state index in [0.29, 0.717) is 0 Å². The van der Waals surface area contributed by atoms with Crippen molar-refractivity contribution in [3.05, 3.63) is 252 Å². The Labute approximate surface area is 351 Å². The molecule has 284 valence electrons. The van der Waals surface area contributed by atoms with Gasteiger partial charge in [-0.1, -0.05) is 166 Å². The summed E-state index contributed by atoms with van der Waals surface area (Å²) in [5.74, 6) is 0. The number of anilines is 3. The van der Waals surface area contributed by atoms with Crippen LogP contribution < -0.4 is 4.90 Å². The molecule has 10 aromatic rings. The van der Waals surface area contributed by atoms with Crippen LogP contribution in [0.15, 0.2) is 218 Å². The lowest BCUT2D eigenvalue weighted by Crippen LogP contribution is -2.28. The number of rotatable bonds is 6. The first-order valence-corrected chi connectivity index (χ1v) is 21.0. The molecular formula is C58H42N2. The fourth-order valence-corrected chi connectivity index (χ4v) is 10.8. The Hall–Kier alpha value is -7.42. The van der Waals surface area contributed by atoms with Crippen molar-refractivity contribution < 1.29 is 0 Å². The topological polar surface area (TPSA) is 8.17 Å². The Morgan fingerprint density at radius 1 is 0.350 bits per heavy atom. The third kappa shape index (κ3) is 4.82. The number of aromatic nitrogens is 1. The average molecular weight is 767 g/mol. The van der Waals surface area contributed by atoms with Crippen LogP contribution in [0.1, 0.15) is 47.2 Å². The maximum atomic E-state index is 2.49. The molecule has 0 atom stereocenters. The zero-order chi connectivity index (χ0) is 40.0. The summed E-state index contributed by atoms with van der Waals surface area (Å²) in [4.78, 5) is 2.43. The third-order valence-corrected chi connectivity index (χ3v) is 13.5. The van der Waals surface area contributed by atoms with E-state index in [9.17, 15) is 0 Å². The molecule has 1 heterocycles. The quantitative estimate of drug-likeness (QED) is 0.164. The SMILES string of the molecule is CC1(C)c2ccccc2-c2cc(N(c3ccccc3)c3ccc4c(c3)c3cc(C5(c6ccccc6)c6ccccc6-c6ccccc65)ccc3n4-c3ccccc3)ccc21. The third-order valence-electron chi connectivity index (χ3n) is 13.5. The molecule has 12 rings (SSSR count). The van der Waals surface area contributed by atoms with Crippen LogP contribution in [0, 0.1) is 0 Å². The highest BCUT2D eigenvalue weighted by molar-refractivity contribution is 6.11. The molecule has 0 saturated carbocycles. The zero-order valence-electron chi connectivity index (χ0n) is 33.7. The van der Waals surface area contributed by atoms with Crippen LogP contribution in [0.25, 0.3) is 49.7 Å². The monoisotopic (exact) mass is 766 g/mol. The van der Waals surface area contributed by atoms with Gasteiger partial charge >= 0.3 is 0 Å². The van der Waals surface area contributed by atoms with Crippen LogP contribution in [0.5, 0.6) is 0 Å². The standard InChI is InChI=1S/C58H42N2/c1-57(2)51-27-15-12-26-47(51)48-37-43(31-33-52(48)57)59(41-20-8-4-9-21-41)44-32-35-56-50(38-44)49-36-40(30-34-55(49)60(56)42-22-10-5-11-23-42)58(39-18-6-3-7-19-39)53-28-16-13-24-45(53)46-25-14-17-29-54(46)58/h3-38H,1-2H3. The first kappa shape index (κ1) is 34.6. The Morgan fingerprint density at radius 3 is 1.50 bits per heavy atom. The molecule has 0 N–H and O–H groups in total. The lowest BCUT2D eigenvalue weighted by molar-refractivity contribution is 0.660. The number of fused-ring (bicyclic) bond motifs is 9. The van der Waals surface area contributed by atoms with E-state index in [2.05, 4.69) is 242 Å². The first-order chi connectivity index (χ1) is 29.5. The van der Waals surface area contributed by atoms with Crippen LogP contribution in [-0.4, -0.2) is 4.57 Å². The van der Waals surface area contributed by atoms with Crippen LogP contribution in [-0.2, 0) is 10.8 Å². The zero-order valence-corrected chi connectivity index (χ0v) is 33.7. The van der Waals surface area contributed by atoms with E-state index in [1.54, 1.807) is 0 Å². The summed E-state index contributed by atoms with van der Waals surface area (Å²) in [6.45, 7) is 4.70. The molecule has 0 amide bonds. The average Bonchev–Trinajstić information content (AvgIpc) is 3.88. The molecule has 2 heteroatoms. The molecule has 0 fully saturated rings. The summed E-state index contributed by atoms with van der Waals surface area (Å²) in [5.41, 5.74) is 19.5. The van der Waals surface area contributed by atoms with Crippen molar-refractivity contribution in [2.45, 2.75) is 24.7 Å². The van der Waals surface area contributed by atoms with E-state index >= 15 is 0 Å². The molecule has 60 heavy (non-hydrogen) atoms. The van der Waals surface area contributed by atoms with Gasteiger partial charge in [-0.2, -0.15) is 0 Å². The number of nitrogens with zero attached hydrogens (tertiary/aromatic N) is 2. The Kier molecular flexibility index (Phi) is 7.52. The maximum Gasteiger partial charge on any atom is 0.0713 e. The molecule has 1 aromatic heterocycles. The second kappa shape index (κ2) is 13.0. The highest BCUT2D eigenvalue weighted by atomic mass is 15.1. The molecule has 9 aromatic carbocycles. The van der Waals surface area contributed by atoms with E-state index in [0.717, 1.165) is 22.7 Å². The van der Waals surface area contributed by atoms with E-state index < -0.39 is 5.41 Å². The van der Waals surface area contributed by atoms with Gasteiger partial charge < -0.3 is 9.47 Å². The van der Waals surface area contributed by atoms with Gasteiger partial charge in [0, 0.05) is 38.9 Å². The second-order valence-corrected chi connectivity index (χ2v) is 16.9. The molecule has 0 bridgehead atoms. The van der Waals surface area contributed by atoms with Gasteiger partial charge in [0.15, 0.2) is 0 Å². The number of hydrogen-bond donors (Lipinski definition) is 0. The molecular weight excluding hydrogens is 725 g/mol. The lowest BCUT2D eigenvalue weighted by Gasteiger charge is -2.34. The van der Waals surface area contributed by atoms with Crippen LogP contribution in [0.4, 0.5) is 17.1 Å². The molecule has 0 radical (unpaired) electrons. The first-order valence-electron chi connectivity index (χ1n) is 21.0. The summed E-state index contributed by atoms with van der Waals surface area (Å²) in [7, 11) is 0. The predicted molar refractivity (Wildman–Crippen MR) is 250 cm³/mol. The maximum absolute atomic E-state index is 2.49. The molecule has 2 nitrogen and oxygen atoms in total. The van der Waals surface area contributed by atoms with Gasteiger partial charge in [0.25, 0.3) is 0 Å². The van der Waals surface area contributed by atoms with Crippen molar-refractivity contribution in [2.75, 3.05) is 4.90 Å². The van der Waals surface area contributed by atoms with E-state index in [-0.39, 0.29) is 5.41 Å². The van der Waals surface area contributed by atoms with E-state index in [4.69, 9.17) is 0 Å². The fourth-order valence-electron chi connectivity index (χ4n) is 10.8. The van der Waals surface area contributed by atoms with Gasteiger partial charge in [0.1, 0.15) is 0 Å². The van der Waals surface area contributed by atoms with Gasteiger partial charge in [-0.05, 0) is 122 Å². The Morgan fingerprint density at radius 2 is 0.833 bits per heavy atom. The number of hydrogen-bond acceptors (Lipinski definition) is 1. The summed E-state index contributed by atoms with van der Waals surface area (Å²) in [6.07, 6.45) is 0. The molecule has 0 aliphatic heterocycles. The smallest absolute Gasteiger partial charge is 0.0713 e. The lowest BCUT2D eigenvalue weighted by atomic mass is 9.67. The minimum absolute atomic E-state index is 0.0601. The van der Waals surface area contributed by atoms with Crippen molar-refractivity contribution >= 4 is 38.9 Å². The Bertz CT molecular complexity index is 3240. The van der Waals surface area contributed by atoms with Gasteiger partial charge in [0.05, 0.1) is 16.4 Å². The second-order valence-electron chi connectivity index (χ2n) is 16.9. The summed E-state index contributed by atoms with van der Waals surface area (Å²) in [6, 6.07) is 81.0. The van der Waals surface area contributed by atoms with Gasteiger partial charge in [-0.25, -0.2) is 0 Å². The predicted octanol–water partition coefficient (Wildman–Crippen LogP) is 14.9. The van der Waals surface area contributed by atoms with Crippen LogP contribution >= 0.6 is 0 Å². The van der Waals surface area contributed by atoms with Crippen LogP contribution in [0.2, 0.25) is 0 Å². The molecule has 0 unspecified atom stereocenters. The van der Waals surface area contributed by atoms with Crippen molar-refractivity contribution in [1.29, 1.82) is 0 Å². The summed E-state index contributed by atoms with van der Waals surface area (Å²) >= 11 is 0. The molecule has 0 spiro atoms. The highest BCUT2D eigenvalue weighted by Gasteiger charge is 2.46. The number of para-hydroxylation sites is 2. The molecule has 2 aliphatic rings. The van der Waals surface area contributed by atoms with Gasteiger partial charge in [0.2, 0.25) is 0 Å². The van der Waals surface area contributed by atoms with Gasteiger partial charge in [-0.15, -0.1) is 0 Å². The van der Waals surface area contributed by atoms with Crippen molar-refractivity contribution in [1.82, 2.24) is 4.57 Å². The van der Waals surface area contributed by atoms with Crippen LogP contribution in [0.3, 0.4) is 0 Å². The molecule has 0 saturated heterocycles. The van der Waals surface area contributed by atoms with Crippen molar-refractivity contribution in [2.24, 2.45) is 0 Å². The van der Waals surface area contributed by atoms with Gasteiger partial charge in [-0.3, -0.25) is 0 Å². The Balaban J connectivity index is 1.13. The van der Waals surface area contributed by atoms with E-state index in [1.807, 2.05) is 0 Å². The largest absolute Gasteiger partial charge is 0.310 e. The minimum Gasteiger partial charge on any atom is -0.310 e. The number of benzene rings is 9. The van der Waals surface area contributed by atoms with Crippen molar-refractivity contribution in [3.8, 4) is 27.9 Å².